The molecule has 1 N–H and O–H groups in total. The van der Waals surface area contributed by atoms with E-state index in [1.165, 1.54) is 19.2 Å². The summed E-state index contributed by atoms with van der Waals surface area (Å²) in [5.41, 5.74) is -0.156. The maximum absolute atomic E-state index is 11.7. The summed E-state index contributed by atoms with van der Waals surface area (Å²) in [6.07, 6.45) is 1.84. The van der Waals surface area contributed by atoms with Crippen molar-refractivity contribution in [2.24, 2.45) is 0 Å². The van der Waals surface area contributed by atoms with Crippen molar-refractivity contribution in [3.05, 3.63) is 27.9 Å². The highest BCUT2D eigenvalue weighted by Gasteiger charge is 2.18. The number of nitro groups is 1. The molecule has 7 heteroatoms. The lowest BCUT2D eigenvalue weighted by Gasteiger charge is -2.05. The summed E-state index contributed by atoms with van der Waals surface area (Å²) in [6.45, 7) is 2.57. The van der Waals surface area contributed by atoms with Gasteiger partial charge in [0.1, 0.15) is 5.69 Å². The molecule has 98 valence electrons. The van der Waals surface area contributed by atoms with Gasteiger partial charge in [0.05, 0.1) is 12.0 Å². The Bertz CT molecular complexity index is 448. The average molecular weight is 253 g/mol. The second-order valence-corrected chi connectivity index (χ2v) is 3.59. The number of hydrogen-bond donors (Lipinski definition) is 1. The number of nitrogens with one attached hydrogen (secondary N) is 1. The number of ether oxygens (including phenoxy) is 1. The molecule has 0 aliphatic carbocycles. The van der Waals surface area contributed by atoms with E-state index in [-0.39, 0.29) is 23.2 Å². The quantitative estimate of drug-likeness (QED) is 0.471. The van der Waals surface area contributed by atoms with Crippen LogP contribution in [-0.4, -0.2) is 29.5 Å². The van der Waals surface area contributed by atoms with Crippen LogP contribution in [0.3, 0.4) is 0 Å². The Hall–Kier alpha value is -2.18. The van der Waals surface area contributed by atoms with Crippen LogP contribution in [0.15, 0.2) is 12.1 Å². The van der Waals surface area contributed by atoms with E-state index in [1.54, 1.807) is 0 Å². The van der Waals surface area contributed by atoms with E-state index in [9.17, 15) is 14.9 Å². The van der Waals surface area contributed by atoms with Crippen molar-refractivity contribution >= 4 is 11.6 Å². The Morgan fingerprint density at radius 2 is 2.28 bits per heavy atom. The van der Waals surface area contributed by atoms with Crippen molar-refractivity contribution in [2.45, 2.75) is 19.8 Å². The molecule has 0 fully saturated rings. The number of carbonyl (C=O) groups is 1. The number of pyridine rings is 1. The van der Waals surface area contributed by atoms with Gasteiger partial charge in [-0.2, -0.15) is 0 Å². The Morgan fingerprint density at radius 1 is 1.56 bits per heavy atom. The Morgan fingerprint density at radius 3 is 2.83 bits per heavy atom. The van der Waals surface area contributed by atoms with Crippen molar-refractivity contribution in [2.75, 3.05) is 13.7 Å². The lowest BCUT2D eigenvalue weighted by atomic mass is 10.3. The first kappa shape index (κ1) is 13.9. The molecule has 0 bridgehead atoms. The lowest BCUT2D eigenvalue weighted by molar-refractivity contribution is -0.386. The highest BCUT2D eigenvalue weighted by molar-refractivity contribution is 5.92. The standard InChI is InChI=1S/C11H15N3O4/c1-3-4-7-12-10(15)8-5-6-9(14(16)17)11(13-8)18-2/h5-6H,3-4,7H2,1-2H3,(H,12,15). The van der Waals surface area contributed by atoms with E-state index >= 15 is 0 Å². The highest BCUT2D eigenvalue weighted by atomic mass is 16.6. The molecule has 0 aliphatic rings. The highest BCUT2D eigenvalue weighted by Crippen LogP contribution is 2.23. The van der Waals surface area contributed by atoms with Gasteiger partial charge in [-0.05, 0) is 12.5 Å². The number of nitrogens with zero attached hydrogens (tertiary/aromatic N) is 2. The number of carbonyl (C=O) groups excluding carboxylic acids is 1. The van der Waals surface area contributed by atoms with Crippen LogP contribution in [0, 0.1) is 10.1 Å². The van der Waals surface area contributed by atoms with Gasteiger partial charge in [0, 0.05) is 12.6 Å². The van der Waals surface area contributed by atoms with E-state index < -0.39 is 4.92 Å². The summed E-state index contributed by atoms with van der Waals surface area (Å²) in [5, 5.41) is 13.3. The zero-order valence-electron chi connectivity index (χ0n) is 10.3. The monoisotopic (exact) mass is 253 g/mol. The smallest absolute Gasteiger partial charge is 0.330 e. The normalized spacial score (nSPS) is 9.89. The molecule has 0 aliphatic heterocycles. The van der Waals surface area contributed by atoms with Gasteiger partial charge in [0.25, 0.3) is 11.8 Å². The van der Waals surface area contributed by atoms with Crippen LogP contribution in [-0.2, 0) is 0 Å². The van der Waals surface area contributed by atoms with Crippen LogP contribution < -0.4 is 10.1 Å². The van der Waals surface area contributed by atoms with Gasteiger partial charge in [-0.1, -0.05) is 13.3 Å². The third kappa shape index (κ3) is 3.41. The molecule has 0 spiro atoms. The molecule has 0 atom stereocenters. The van der Waals surface area contributed by atoms with E-state index in [0.717, 1.165) is 12.8 Å². The lowest BCUT2D eigenvalue weighted by Crippen LogP contribution is -2.25. The van der Waals surface area contributed by atoms with Crippen molar-refractivity contribution in [3.63, 3.8) is 0 Å². The fourth-order valence-corrected chi connectivity index (χ4v) is 1.32. The number of hydrogen-bond acceptors (Lipinski definition) is 5. The molecule has 1 heterocycles. The minimum Gasteiger partial charge on any atom is -0.476 e. The largest absolute Gasteiger partial charge is 0.476 e. The minimum atomic E-state index is -0.607. The van der Waals surface area contributed by atoms with Crippen LogP contribution in [0.1, 0.15) is 30.3 Å². The van der Waals surface area contributed by atoms with E-state index in [4.69, 9.17) is 4.74 Å². The van der Waals surface area contributed by atoms with E-state index in [1.807, 2.05) is 6.92 Å². The first-order valence-electron chi connectivity index (χ1n) is 5.57. The molecule has 0 unspecified atom stereocenters. The van der Waals surface area contributed by atoms with Gasteiger partial charge in [0.15, 0.2) is 0 Å². The molecule has 1 aromatic heterocycles. The van der Waals surface area contributed by atoms with Crippen LogP contribution in [0.25, 0.3) is 0 Å². The summed E-state index contributed by atoms with van der Waals surface area (Å²) >= 11 is 0. The van der Waals surface area contributed by atoms with Crippen molar-refractivity contribution < 1.29 is 14.5 Å². The molecule has 0 aromatic carbocycles. The van der Waals surface area contributed by atoms with Gasteiger partial charge >= 0.3 is 5.69 Å². The molecule has 7 nitrogen and oxygen atoms in total. The fraction of sp³-hybridized carbons (Fsp3) is 0.455. The number of unbranched alkanes of at least 4 members (excludes halogenated alkanes) is 1. The van der Waals surface area contributed by atoms with Gasteiger partial charge in [-0.25, -0.2) is 4.98 Å². The molecular weight excluding hydrogens is 238 g/mol. The minimum absolute atomic E-state index is 0.105. The fourth-order valence-electron chi connectivity index (χ4n) is 1.32. The summed E-state index contributed by atoms with van der Waals surface area (Å²) in [5.74, 6) is -0.528. The number of methoxy groups -OCH3 is 1. The van der Waals surface area contributed by atoms with E-state index in [2.05, 4.69) is 10.3 Å². The van der Waals surface area contributed by atoms with Crippen molar-refractivity contribution in [1.29, 1.82) is 0 Å². The number of rotatable bonds is 6. The van der Waals surface area contributed by atoms with Gasteiger partial charge in [-0.15, -0.1) is 0 Å². The predicted molar refractivity (Wildman–Crippen MR) is 64.7 cm³/mol. The van der Waals surface area contributed by atoms with Crippen LogP contribution in [0.5, 0.6) is 5.88 Å². The molecule has 0 saturated carbocycles. The van der Waals surface area contributed by atoms with Gasteiger partial charge in [-0.3, -0.25) is 14.9 Å². The summed E-state index contributed by atoms with van der Waals surface area (Å²) in [4.78, 5) is 25.5. The molecule has 18 heavy (non-hydrogen) atoms. The average Bonchev–Trinajstić information content (AvgIpc) is 2.37. The van der Waals surface area contributed by atoms with Crippen molar-refractivity contribution in [1.82, 2.24) is 10.3 Å². The van der Waals surface area contributed by atoms with Gasteiger partial charge < -0.3 is 10.1 Å². The maximum Gasteiger partial charge on any atom is 0.330 e. The van der Waals surface area contributed by atoms with Crippen molar-refractivity contribution in [3.8, 4) is 5.88 Å². The second kappa shape index (κ2) is 6.53. The topological polar surface area (TPSA) is 94.4 Å². The molecule has 1 amide bonds. The van der Waals surface area contributed by atoms with Gasteiger partial charge in [0.2, 0.25) is 0 Å². The molecular formula is C11H15N3O4. The first-order chi connectivity index (χ1) is 8.60. The number of amides is 1. The Kier molecular flexibility index (Phi) is 5.04. The van der Waals surface area contributed by atoms with Crippen LogP contribution >= 0.6 is 0 Å². The van der Waals surface area contributed by atoms with E-state index in [0.29, 0.717) is 6.54 Å². The zero-order valence-corrected chi connectivity index (χ0v) is 10.3. The zero-order chi connectivity index (χ0) is 13.5. The Labute approximate surface area is 104 Å². The summed E-state index contributed by atoms with van der Waals surface area (Å²) in [6, 6.07) is 2.52. The van der Waals surface area contributed by atoms with Crippen LogP contribution in [0.4, 0.5) is 5.69 Å². The first-order valence-corrected chi connectivity index (χ1v) is 5.57. The van der Waals surface area contributed by atoms with Crippen LogP contribution in [0.2, 0.25) is 0 Å². The molecule has 1 rings (SSSR count). The molecule has 1 aromatic rings. The second-order valence-electron chi connectivity index (χ2n) is 3.59. The number of aromatic nitrogens is 1. The molecule has 0 radical (unpaired) electrons. The third-order valence-corrected chi connectivity index (χ3v) is 2.28. The third-order valence-electron chi connectivity index (χ3n) is 2.28. The Balaban J connectivity index is 2.85. The SMILES string of the molecule is CCCCNC(=O)c1ccc([N+](=O)[O-])c(OC)n1. The summed E-state index contributed by atoms with van der Waals surface area (Å²) in [7, 11) is 1.27. The predicted octanol–water partition coefficient (Wildman–Crippen LogP) is 1.53. The maximum atomic E-state index is 11.7. The summed E-state index contributed by atoms with van der Waals surface area (Å²) < 4.78 is 4.79. The molecule has 0 saturated heterocycles.